The summed E-state index contributed by atoms with van der Waals surface area (Å²) >= 11 is 0. The molecule has 6 heteroatoms. The van der Waals surface area contributed by atoms with E-state index in [9.17, 15) is 4.79 Å². The molecule has 3 aliphatic rings. The van der Waals surface area contributed by atoms with Crippen LogP contribution in [-0.2, 0) is 28.5 Å². The molecular weight excluding hydrogens is 252 g/mol. The first-order valence-electron chi connectivity index (χ1n) is 6.61. The molecule has 108 valence electrons. The standard InChI is InChI=1S/C13H20O6/c1-7(14)16-8-5-6-13(8)10-9(11(15-4)19-13)17-12(2,3)18-10/h8-11H,5-6H2,1-4H3/t8-,9?,10?,11?,13+/m0/s1. The molecule has 0 radical (unpaired) electrons. The first-order valence-corrected chi connectivity index (χ1v) is 6.61. The van der Waals surface area contributed by atoms with Crippen molar-refractivity contribution in [1.29, 1.82) is 0 Å². The van der Waals surface area contributed by atoms with Crippen molar-refractivity contribution in [1.82, 2.24) is 0 Å². The minimum Gasteiger partial charge on any atom is -0.459 e. The summed E-state index contributed by atoms with van der Waals surface area (Å²) in [5, 5.41) is 0. The van der Waals surface area contributed by atoms with E-state index in [1.807, 2.05) is 13.8 Å². The number of methoxy groups -OCH3 is 1. The predicted molar refractivity (Wildman–Crippen MR) is 63.2 cm³/mol. The van der Waals surface area contributed by atoms with E-state index < -0.39 is 17.7 Å². The van der Waals surface area contributed by atoms with Gasteiger partial charge in [0.25, 0.3) is 0 Å². The molecule has 0 aromatic heterocycles. The van der Waals surface area contributed by atoms with Crippen LogP contribution in [0.4, 0.5) is 0 Å². The normalized spacial score (nSPS) is 46.9. The Labute approximate surface area is 112 Å². The molecule has 1 saturated carbocycles. The van der Waals surface area contributed by atoms with Crippen molar-refractivity contribution in [3.05, 3.63) is 0 Å². The second kappa shape index (κ2) is 4.15. The maximum atomic E-state index is 11.2. The van der Waals surface area contributed by atoms with Crippen LogP contribution in [0.15, 0.2) is 0 Å². The highest BCUT2D eigenvalue weighted by Crippen LogP contribution is 2.54. The van der Waals surface area contributed by atoms with Crippen LogP contribution in [-0.4, -0.2) is 49.1 Å². The number of carbonyl (C=O) groups is 1. The number of rotatable bonds is 2. The van der Waals surface area contributed by atoms with E-state index in [1.54, 1.807) is 7.11 Å². The molecule has 2 saturated heterocycles. The van der Waals surface area contributed by atoms with Gasteiger partial charge in [-0.15, -0.1) is 0 Å². The quantitative estimate of drug-likeness (QED) is 0.698. The monoisotopic (exact) mass is 272 g/mol. The predicted octanol–water partition coefficient (Wildman–Crippen LogP) is 0.973. The molecule has 3 unspecified atom stereocenters. The summed E-state index contributed by atoms with van der Waals surface area (Å²) in [4.78, 5) is 11.2. The topological polar surface area (TPSA) is 63.2 Å². The van der Waals surface area contributed by atoms with Crippen molar-refractivity contribution < 1.29 is 28.5 Å². The third-order valence-electron chi connectivity index (χ3n) is 4.10. The summed E-state index contributed by atoms with van der Waals surface area (Å²) in [6.07, 6.45) is 0.262. The van der Waals surface area contributed by atoms with E-state index >= 15 is 0 Å². The Kier molecular flexibility index (Phi) is 2.91. The van der Waals surface area contributed by atoms with Crippen LogP contribution < -0.4 is 0 Å². The number of esters is 1. The number of carbonyl (C=O) groups excluding carboxylic acids is 1. The van der Waals surface area contributed by atoms with Crippen molar-refractivity contribution in [2.24, 2.45) is 0 Å². The largest absolute Gasteiger partial charge is 0.459 e. The molecule has 0 bridgehead atoms. The Balaban J connectivity index is 1.84. The molecule has 1 aliphatic carbocycles. The Bertz CT molecular complexity index is 395. The Morgan fingerprint density at radius 3 is 2.53 bits per heavy atom. The van der Waals surface area contributed by atoms with E-state index in [-0.39, 0.29) is 24.3 Å². The Morgan fingerprint density at radius 2 is 2.00 bits per heavy atom. The highest BCUT2D eigenvalue weighted by molar-refractivity contribution is 5.66. The van der Waals surface area contributed by atoms with E-state index in [1.165, 1.54) is 6.92 Å². The molecule has 0 aromatic rings. The van der Waals surface area contributed by atoms with Gasteiger partial charge in [0, 0.05) is 14.0 Å². The van der Waals surface area contributed by atoms with Gasteiger partial charge in [0.15, 0.2) is 12.1 Å². The lowest BCUT2D eigenvalue weighted by molar-refractivity contribution is -0.291. The van der Waals surface area contributed by atoms with Gasteiger partial charge in [-0.1, -0.05) is 0 Å². The van der Waals surface area contributed by atoms with Crippen molar-refractivity contribution in [2.75, 3.05) is 7.11 Å². The van der Waals surface area contributed by atoms with Crippen LogP contribution in [0.2, 0.25) is 0 Å². The third-order valence-corrected chi connectivity index (χ3v) is 4.10. The molecule has 6 nitrogen and oxygen atoms in total. The fourth-order valence-electron chi connectivity index (χ4n) is 3.26. The fraction of sp³-hybridized carbons (Fsp3) is 0.923. The second-order valence-corrected chi connectivity index (χ2v) is 5.83. The number of hydrogen-bond acceptors (Lipinski definition) is 6. The maximum Gasteiger partial charge on any atom is 0.303 e. The summed E-state index contributed by atoms with van der Waals surface area (Å²) in [5.74, 6) is -0.970. The lowest BCUT2D eigenvalue weighted by atomic mass is 9.72. The average molecular weight is 272 g/mol. The number of ether oxygens (including phenoxy) is 5. The van der Waals surface area contributed by atoms with Gasteiger partial charge in [-0.05, 0) is 26.7 Å². The van der Waals surface area contributed by atoms with Gasteiger partial charge in [0.1, 0.15) is 23.9 Å². The summed E-state index contributed by atoms with van der Waals surface area (Å²) in [5.41, 5.74) is -0.620. The molecule has 2 aliphatic heterocycles. The van der Waals surface area contributed by atoms with Gasteiger partial charge in [-0.2, -0.15) is 0 Å². The van der Waals surface area contributed by atoms with Gasteiger partial charge in [0.05, 0.1) is 0 Å². The second-order valence-electron chi connectivity index (χ2n) is 5.83. The molecule has 0 aromatic carbocycles. The smallest absolute Gasteiger partial charge is 0.303 e. The summed E-state index contributed by atoms with van der Waals surface area (Å²) in [6, 6.07) is 0. The van der Waals surface area contributed by atoms with Gasteiger partial charge in [-0.25, -0.2) is 0 Å². The third kappa shape index (κ3) is 1.89. The minimum absolute atomic E-state index is 0.259. The molecule has 0 amide bonds. The van der Waals surface area contributed by atoms with Crippen LogP contribution in [0.3, 0.4) is 0 Å². The summed E-state index contributed by atoms with van der Waals surface area (Å²) in [6.45, 7) is 5.14. The molecule has 5 atom stereocenters. The molecular formula is C13H20O6. The van der Waals surface area contributed by atoms with Crippen LogP contribution in [0.25, 0.3) is 0 Å². The van der Waals surface area contributed by atoms with Crippen molar-refractivity contribution in [2.45, 2.75) is 69.6 Å². The van der Waals surface area contributed by atoms with Gasteiger partial charge in [-0.3, -0.25) is 4.79 Å². The highest BCUT2D eigenvalue weighted by atomic mass is 16.8. The van der Waals surface area contributed by atoms with E-state index in [0.717, 1.165) is 12.8 Å². The SMILES string of the molecule is COC1O[C@@]2(CC[C@@H]2OC(C)=O)C2OC(C)(C)OC12. The Hall–Kier alpha value is -0.690. The van der Waals surface area contributed by atoms with E-state index in [4.69, 9.17) is 23.7 Å². The van der Waals surface area contributed by atoms with Crippen molar-refractivity contribution in [3.63, 3.8) is 0 Å². The van der Waals surface area contributed by atoms with Gasteiger partial charge < -0.3 is 23.7 Å². The van der Waals surface area contributed by atoms with Crippen molar-refractivity contribution >= 4 is 5.97 Å². The maximum absolute atomic E-state index is 11.2. The molecule has 3 rings (SSSR count). The fourth-order valence-corrected chi connectivity index (χ4v) is 3.26. The number of hydrogen-bond donors (Lipinski definition) is 0. The zero-order valence-corrected chi connectivity index (χ0v) is 11.7. The van der Waals surface area contributed by atoms with Crippen LogP contribution >= 0.6 is 0 Å². The van der Waals surface area contributed by atoms with E-state index in [0.29, 0.717) is 0 Å². The van der Waals surface area contributed by atoms with Gasteiger partial charge in [0.2, 0.25) is 0 Å². The van der Waals surface area contributed by atoms with Crippen LogP contribution in [0.5, 0.6) is 0 Å². The lowest BCUT2D eigenvalue weighted by Gasteiger charge is -2.47. The highest BCUT2D eigenvalue weighted by Gasteiger charge is 2.70. The molecule has 19 heavy (non-hydrogen) atoms. The molecule has 2 heterocycles. The van der Waals surface area contributed by atoms with Crippen LogP contribution in [0.1, 0.15) is 33.6 Å². The number of fused-ring (bicyclic) bond motifs is 2. The molecule has 1 spiro atoms. The summed E-state index contributed by atoms with van der Waals surface area (Å²) in [7, 11) is 1.58. The average Bonchev–Trinajstić information content (AvgIpc) is 2.76. The zero-order chi connectivity index (χ0) is 13.8. The molecule has 3 fully saturated rings. The van der Waals surface area contributed by atoms with Crippen LogP contribution in [0, 0.1) is 0 Å². The summed E-state index contributed by atoms with van der Waals surface area (Å²) < 4.78 is 28.4. The van der Waals surface area contributed by atoms with Gasteiger partial charge >= 0.3 is 5.97 Å². The first-order chi connectivity index (χ1) is 8.88. The first kappa shape index (κ1) is 13.3. The zero-order valence-electron chi connectivity index (χ0n) is 11.7. The van der Waals surface area contributed by atoms with Crippen molar-refractivity contribution in [3.8, 4) is 0 Å². The lowest BCUT2D eigenvalue weighted by Crippen LogP contribution is -2.61. The minimum atomic E-state index is -0.667. The molecule has 0 N–H and O–H groups in total. The van der Waals surface area contributed by atoms with E-state index in [2.05, 4.69) is 0 Å². The Morgan fingerprint density at radius 1 is 1.26 bits per heavy atom.